The lowest BCUT2D eigenvalue weighted by Crippen LogP contribution is -2.30. The molecule has 1 aromatic rings. The van der Waals surface area contributed by atoms with Crippen molar-refractivity contribution >= 4 is 38.2 Å². The van der Waals surface area contributed by atoms with E-state index in [2.05, 4.69) is 4.52 Å². The van der Waals surface area contributed by atoms with Crippen LogP contribution in [0.2, 0.25) is 0 Å². The Balaban J connectivity index is 0. The highest BCUT2D eigenvalue weighted by Crippen LogP contribution is 2.66. The van der Waals surface area contributed by atoms with Gasteiger partial charge >= 0.3 is 38.2 Å². The van der Waals surface area contributed by atoms with Gasteiger partial charge < -0.3 is 63.5 Å². The molecule has 0 atom stereocenters. The number of aliphatic hydroxyl groups is 1. The molecule has 0 aliphatic rings. The average Bonchev–Trinajstić information content (AvgIpc) is 2.77. The second-order valence-corrected chi connectivity index (χ2v) is 16.9. The van der Waals surface area contributed by atoms with Gasteiger partial charge in [0.15, 0.2) is 0 Å². The third kappa shape index (κ3) is 24.0. The highest BCUT2D eigenvalue weighted by molar-refractivity contribution is 7.71. The van der Waals surface area contributed by atoms with Crippen molar-refractivity contribution in [3.63, 3.8) is 0 Å². The molecule has 0 spiro atoms. The van der Waals surface area contributed by atoms with Gasteiger partial charge in [-0.05, 0) is 25.5 Å². The molecule has 11 N–H and O–H groups in total. The second kappa shape index (κ2) is 19.2. The third-order valence-electron chi connectivity index (χ3n) is 4.13. The van der Waals surface area contributed by atoms with Gasteiger partial charge in [0.25, 0.3) is 5.08 Å². The number of rotatable bonds is 16. The van der Waals surface area contributed by atoms with Crippen LogP contribution < -0.4 is 4.74 Å². The molecule has 0 saturated heterocycles. The third-order valence-corrected chi connectivity index (χ3v) is 9.95. The fourth-order valence-corrected chi connectivity index (χ4v) is 5.50. The molecule has 0 aliphatic carbocycles. The van der Waals surface area contributed by atoms with Gasteiger partial charge in [0.05, 0.1) is 13.2 Å². The summed E-state index contributed by atoms with van der Waals surface area (Å²) in [6, 6.07) is 8.95. The van der Waals surface area contributed by atoms with E-state index in [-0.39, 0.29) is 26.4 Å². The first-order valence-electron chi connectivity index (χ1n) is 11.3. The molecule has 1 rings (SSSR count). The molecule has 0 amide bonds. The van der Waals surface area contributed by atoms with E-state index in [1.54, 1.807) is 24.3 Å². The van der Waals surface area contributed by atoms with Gasteiger partial charge in [-0.15, -0.1) is 0 Å². The van der Waals surface area contributed by atoms with Crippen molar-refractivity contribution < 1.29 is 90.9 Å². The highest BCUT2D eigenvalue weighted by Gasteiger charge is 2.55. The van der Waals surface area contributed by atoms with E-state index in [9.17, 15) is 22.8 Å². The molecule has 0 radical (unpaired) electrons. The SMILES string of the molecule is CC(O)(P(=O)(O)O)P(=O)(O)O.CCCOCCN(CP(=O)(O)O)CP(=O)(O)O.O=P(O)(O)OCCOc1ccccc1. The van der Waals surface area contributed by atoms with Crippen LogP contribution in [0.1, 0.15) is 20.3 Å². The highest BCUT2D eigenvalue weighted by atomic mass is 31.2. The Morgan fingerprint density at radius 2 is 1.17 bits per heavy atom. The molecular weight excluding hydrogens is 677 g/mol. The zero-order valence-corrected chi connectivity index (χ0v) is 26.9. The standard InChI is InChI=1S/C8H11O5P.C7H19NO7P2.C2H8O7P2/c9-14(10,11)13-7-6-12-8-4-2-1-3-5-8;1-2-4-15-5-3-8(6-16(9,10)11)7-17(12,13)14;1-2(3,10(4,5)6)11(7,8)9/h1-5H,6-7H2,(H2,9,10,11);2-7H2,1H3,(H2,9,10,11)(H2,12,13,14);3H,1H3,(H2,4,5,6)(H2,7,8,9). The topological polar surface area (TPSA) is 339 Å². The Bertz CT molecular complexity index is 1070. The zero-order chi connectivity index (χ0) is 33.5. The maximum Gasteiger partial charge on any atom is 0.469 e. The summed E-state index contributed by atoms with van der Waals surface area (Å²) in [7, 11) is -23.4. The smallest absolute Gasteiger partial charge is 0.469 e. The molecule has 250 valence electrons. The van der Waals surface area contributed by atoms with Crippen molar-refractivity contribution in [2.24, 2.45) is 0 Å². The zero-order valence-electron chi connectivity index (χ0n) is 22.4. The van der Waals surface area contributed by atoms with Crippen molar-refractivity contribution in [2.75, 3.05) is 45.5 Å². The maximum atomic E-state index is 10.8. The van der Waals surface area contributed by atoms with Gasteiger partial charge in [0.2, 0.25) is 0 Å². The van der Waals surface area contributed by atoms with Crippen molar-refractivity contribution in [2.45, 2.75) is 25.4 Å². The summed E-state index contributed by atoms with van der Waals surface area (Å²) in [5.41, 5.74) is 0. The van der Waals surface area contributed by atoms with Gasteiger partial charge in [-0.2, -0.15) is 0 Å². The molecule has 0 aromatic heterocycles. The number of benzene rings is 1. The molecule has 0 saturated carbocycles. The van der Waals surface area contributed by atoms with E-state index in [0.29, 0.717) is 19.3 Å². The van der Waals surface area contributed by atoms with Crippen LogP contribution >= 0.6 is 38.2 Å². The van der Waals surface area contributed by atoms with Gasteiger partial charge in [-0.25, -0.2) is 4.57 Å². The first-order chi connectivity index (χ1) is 18.7. The van der Waals surface area contributed by atoms with E-state index in [0.717, 1.165) is 11.3 Å². The summed E-state index contributed by atoms with van der Waals surface area (Å²) < 4.78 is 66.7. The van der Waals surface area contributed by atoms with Crippen molar-refractivity contribution in [3.05, 3.63) is 30.3 Å². The first-order valence-corrected chi connectivity index (χ1v) is 19.7. The quantitative estimate of drug-likeness (QED) is 0.0802. The van der Waals surface area contributed by atoms with E-state index in [1.807, 2.05) is 13.0 Å². The van der Waals surface area contributed by atoms with Gasteiger partial charge in [0, 0.05) is 13.2 Å². The number of hydrogen-bond donors (Lipinski definition) is 11. The molecule has 0 aliphatic heterocycles. The lowest BCUT2D eigenvalue weighted by molar-refractivity contribution is 0.111. The fraction of sp³-hybridized carbons (Fsp3) is 0.647. The van der Waals surface area contributed by atoms with Crippen LogP contribution in [0.15, 0.2) is 30.3 Å². The molecule has 0 bridgehead atoms. The molecule has 0 fully saturated rings. The van der Waals surface area contributed by atoms with Crippen molar-refractivity contribution in [3.8, 4) is 5.75 Å². The monoisotopic (exact) mass is 715 g/mol. The lowest BCUT2D eigenvalue weighted by Gasteiger charge is -2.24. The number of ether oxygens (including phenoxy) is 2. The van der Waals surface area contributed by atoms with Crippen molar-refractivity contribution in [1.82, 2.24) is 4.90 Å². The van der Waals surface area contributed by atoms with Crippen LogP contribution in [0.5, 0.6) is 5.75 Å². The Hall–Kier alpha value is -0.390. The van der Waals surface area contributed by atoms with E-state index >= 15 is 0 Å². The molecule has 42 heavy (non-hydrogen) atoms. The lowest BCUT2D eigenvalue weighted by atomic mass is 10.3. The number of phosphoric ester groups is 1. The summed E-state index contributed by atoms with van der Waals surface area (Å²) in [5.74, 6) is 0.641. The minimum Gasteiger partial charge on any atom is -0.491 e. The summed E-state index contributed by atoms with van der Waals surface area (Å²) in [6.45, 7) is 3.00. The number of phosphoric acid groups is 1. The minimum atomic E-state index is -5.20. The van der Waals surface area contributed by atoms with E-state index in [1.165, 1.54) is 0 Å². The van der Waals surface area contributed by atoms with Crippen molar-refractivity contribution in [1.29, 1.82) is 0 Å². The fourth-order valence-electron chi connectivity index (χ4n) is 2.15. The predicted octanol–water partition coefficient (Wildman–Crippen LogP) is 0.168. The summed E-state index contributed by atoms with van der Waals surface area (Å²) in [5, 5.41) is 5.37. The Morgan fingerprint density at radius 3 is 1.50 bits per heavy atom. The van der Waals surface area contributed by atoms with Crippen LogP contribution in [0.4, 0.5) is 0 Å². The Labute approximate surface area is 241 Å². The van der Waals surface area contributed by atoms with E-state index in [4.69, 9.17) is 63.5 Å². The molecule has 0 unspecified atom stereocenters. The molecule has 25 heteroatoms. The number of para-hydroxylation sites is 1. The van der Waals surface area contributed by atoms with Gasteiger partial charge in [-0.3, -0.25) is 27.7 Å². The second-order valence-electron chi connectivity index (χ2n) is 8.16. The van der Waals surface area contributed by atoms with Crippen LogP contribution in [-0.4, -0.2) is 110 Å². The van der Waals surface area contributed by atoms with E-state index < -0.39 is 55.9 Å². The number of hydrogen-bond acceptors (Lipinski definition) is 10. The summed E-state index contributed by atoms with van der Waals surface area (Å²) in [4.78, 5) is 85.8. The van der Waals surface area contributed by atoms with Crippen LogP contribution in [0, 0.1) is 0 Å². The first kappa shape index (κ1) is 43.7. The average molecular weight is 715 g/mol. The van der Waals surface area contributed by atoms with Gasteiger partial charge in [-0.1, -0.05) is 25.1 Å². The Morgan fingerprint density at radius 1 is 0.714 bits per heavy atom. The number of nitrogens with zero attached hydrogens (tertiary/aromatic N) is 1. The molecular formula is C17H38NO19P5. The molecule has 1 aromatic carbocycles. The molecule has 20 nitrogen and oxygen atoms in total. The predicted molar refractivity (Wildman–Crippen MR) is 146 cm³/mol. The van der Waals surface area contributed by atoms with Crippen LogP contribution in [0.25, 0.3) is 0 Å². The summed E-state index contributed by atoms with van der Waals surface area (Å²) >= 11 is 0. The Kier molecular flexibility index (Phi) is 20.0. The normalized spacial score (nSPS) is 13.1. The minimum absolute atomic E-state index is 0.0657. The van der Waals surface area contributed by atoms with Crippen LogP contribution in [0.3, 0.4) is 0 Å². The van der Waals surface area contributed by atoms with Crippen LogP contribution in [-0.2, 0) is 32.1 Å². The maximum absolute atomic E-state index is 10.8. The molecule has 0 heterocycles. The largest absolute Gasteiger partial charge is 0.491 e. The van der Waals surface area contributed by atoms with Gasteiger partial charge in [0.1, 0.15) is 24.9 Å². The summed E-state index contributed by atoms with van der Waals surface area (Å²) in [6.07, 6.45) is -0.571.